The molecule has 0 radical (unpaired) electrons. The van der Waals surface area contributed by atoms with Gasteiger partial charge in [-0.2, -0.15) is 0 Å². The smallest absolute Gasteiger partial charge is 0.0972 e. The molecule has 2 aliphatic rings. The summed E-state index contributed by atoms with van der Waals surface area (Å²) in [7, 11) is -1.05. The molecule has 1 saturated heterocycles. The predicted octanol–water partition coefficient (Wildman–Crippen LogP) is 2.78. The Hall–Kier alpha value is 0.0300. The van der Waals surface area contributed by atoms with Crippen LogP contribution in [0.25, 0.3) is 0 Å². The number of rotatable bonds is 7. The third-order valence-corrected chi connectivity index (χ3v) is 7.08. The van der Waals surface area contributed by atoms with Gasteiger partial charge in [-0.3, -0.25) is 0 Å². The number of nitrogens with one attached hydrogen (secondary N) is 1. The molecule has 2 N–H and O–H groups in total. The molecule has 0 bridgehead atoms. The maximum atomic E-state index is 12.6. The zero-order valence-corrected chi connectivity index (χ0v) is 15.2. The van der Waals surface area contributed by atoms with Crippen LogP contribution in [0, 0.1) is 11.3 Å². The molecule has 0 aromatic heterocycles. The minimum absolute atomic E-state index is 0.212. The summed E-state index contributed by atoms with van der Waals surface area (Å²) in [5.41, 5.74) is 0.264. The maximum absolute atomic E-state index is 12.6. The van der Waals surface area contributed by atoms with E-state index < -0.39 is 11.0 Å². The van der Waals surface area contributed by atoms with E-state index in [1.54, 1.807) is 0 Å². The monoisotopic (exact) mass is 331 g/mol. The maximum Gasteiger partial charge on any atom is 0.0972 e. The second kappa shape index (κ2) is 7.73. The lowest BCUT2D eigenvalue weighted by molar-refractivity contribution is -0.0521. The Balaban J connectivity index is 2.12. The summed E-state index contributed by atoms with van der Waals surface area (Å²) in [4.78, 5) is 0. The molecule has 0 unspecified atom stereocenters. The second-order valence-corrected chi connectivity index (χ2v) is 9.89. The van der Waals surface area contributed by atoms with Crippen LogP contribution in [0.5, 0.6) is 0 Å². The van der Waals surface area contributed by atoms with Gasteiger partial charge in [-0.05, 0) is 70.6 Å². The van der Waals surface area contributed by atoms with Crippen molar-refractivity contribution < 1.29 is 14.1 Å². The Kier molecular flexibility index (Phi) is 6.46. The Bertz CT molecular complexity index is 371. The first-order valence-corrected chi connectivity index (χ1v) is 9.92. The highest BCUT2D eigenvalue weighted by Crippen LogP contribution is 2.54. The van der Waals surface area contributed by atoms with Crippen molar-refractivity contribution in [1.82, 2.24) is 4.72 Å². The van der Waals surface area contributed by atoms with E-state index in [-0.39, 0.29) is 22.8 Å². The molecule has 1 heterocycles. The number of hydrogen-bond acceptors (Lipinski definition) is 3. The van der Waals surface area contributed by atoms with Gasteiger partial charge in [0, 0.05) is 25.9 Å². The fraction of sp³-hybridized carbons (Fsp3) is 1.00. The molecule has 4 nitrogen and oxygen atoms in total. The van der Waals surface area contributed by atoms with Gasteiger partial charge in [0.15, 0.2) is 0 Å². The van der Waals surface area contributed by atoms with Crippen molar-refractivity contribution in [2.24, 2.45) is 11.3 Å². The van der Waals surface area contributed by atoms with Crippen LogP contribution in [0.1, 0.15) is 65.7 Å². The normalized spacial score (nSPS) is 25.5. The molecule has 22 heavy (non-hydrogen) atoms. The van der Waals surface area contributed by atoms with Gasteiger partial charge in [0.2, 0.25) is 0 Å². The minimum atomic E-state index is -1.05. The molecule has 2 fully saturated rings. The SMILES string of the molecule is CC(C)(C)[S@](=O)N[C@H](CCCO)C1(C2CCOCC2)CCC1. The van der Waals surface area contributed by atoms with E-state index in [0.29, 0.717) is 5.92 Å². The topological polar surface area (TPSA) is 58.6 Å². The lowest BCUT2D eigenvalue weighted by atomic mass is 9.55. The van der Waals surface area contributed by atoms with Gasteiger partial charge in [-0.15, -0.1) is 0 Å². The van der Waals surface area contributed by atoms with Crippen LogP contribution in [0.2, 0.25) is 0 Å². The average molecular weight is 332 g/mol. The van der Waals surface area contributed by atoms with Gasteiger partial charge in [-0.25, -0.2) is 8.93 Å². The molecule has 1 aliphatic heterocycles. The molecule has 2 rings (SSSR count). The molecular weight excluding hydrogens is 298 g/mol. The fourth-order valence-electron chi connectivity index (χ4n) is 3.96. The summed E-state index contributed by atoms with van der Waals surface area (Å²) >= 11 is 0. The number of ether oxygens (including phenoxy) is 1. The molecule has 1 saturated carbocycles. The zero-order chi connectivity index (χ0) is 16.2. The van der Waals surface area contributed by atoms with Crippen LogP contribution < -0.4 is 4.72 Å². The lowest BCUT2D eigenvalue weighted by Crippen LogP contribution is -2.56. The first-order chi connectivity index (χ1) is 10.4. The Morgan fingerprint density at radius 1 is 1.32 bits per heavy atom. The van der Waals surface area contributed by atoms with Crippen LogP contribution in [-0.4, -0.2) is 39.9 Å². The third-order valence-electron chi connectivity index (χ3n) is 5.47. The van der Waals surface area contributed by atoms with Gasteiger partial charge in [-0.1, -0.05) is 6.42 Å². The van der Waals surface area contributed by atoms with E-state index >= 15 is 0 Å². The van der Waals surface area contributed by atoms with Gasteiger partial charge < -0.3 is 9.84 Å². The van der Waals surface area contributed by atoms with Gasteiger partial charge in [0.05, 0.1) is 15.7 Å². The molecule has 130 valence electrons. The van der Waals surface area contributed by atoms with Crippen LogP contribution in [0.3, 0.4) is 0 Å². The standard InChI is InChI=1S/C17H33NO3S/c1-16(2,3)22(20)18-15(6-4-11-19)17(9-5-10-17)14-7-12-21-13-8-14/h14-15,18-19H,4-13H2,1-3H3/t15-,22+/m1/s1. The van der Waals surface area contributed by atoms with Crippen molar-refractivity contribution in [3.63, 3.8) is 0 Å². The fourth-order valence-corrected chi connectivity index (χ4v) is 4.93. The summed E-state index contributed by atoms with van der Waals surface area (Å²) in [6.45, 7) is 7.98. The highest BCUT2D eigenvalue weighted by molar-refractivity contribution is 7.84. The third kappa shape index (κ3) is 4.11. The zero-order valence-electron chi connectivity index (χ0n) is 14.4. The summed E-state index contributed by atoms with van der Waals surface area (Å²) in [5.74, 6) is 0.670. The van der Waals surface area contributed by atoms with Crippen molar-refractivity contribution in [3.05, 3.63) is 0 Å². The van der Waals surface area contributed by atoms with Crippen LogP contribution in [0.15, 0.2) is 0 Å². The van der Waals surface area contributed by atoms with Gasteiger partial charge in [0.25, 0.3) is 0 Å². The van der Waals surface area contributed by atoms with Crippen LogP contribution in [-0.2, 0) is 15.7 Å². The van der Waals surface area contributed by atoms with E-state index in [1.165, 1.54) is 19.3 Å². The van der Waals surface area contributed by atoms with E-state index in [2.05, 4.69) is 4.72 Å². The summed E-state index contributed by atoms with van der Waals surface area (Å²) < 4.78 is 21.4. The highest BCUT2D eigenvalue weighted by Gasteiger charge is 2.50. The Morgan fingerprint density at radius 2 is 1.95 bits per heavy atom. The average Bonchev–Trinajstić information content (AvgIpc) is 2.43. The van der Waals surface area contributed by atoms with E-state index in [4.69, 9.17) is 4.74 Å². The number of hydrogen-bond donors (Lipinski definition) is 2. The van der Waals surface area contributed by atoms with Gasteiger partial charge >= 0.3 is 0 Å². The van der Waals surface area contributed by atoms with Crippen molar-refractivity contribution in [1.29, 1.82) is 0 Å². The van der Waals surface area contributed by atoms with Crippen molar-refractivity contribution in [2.45, 2.75) is 76.5 Å². The molecule has 0 amide bonds. The predicted molar refractivity (Wildman–Crippen MR) is 91.0 cm³/mol. The Morgan fingerprint density at radius 3 is 2.41 bits per heavy atom. The molecular formula is C17H33NO3S. The minimum Gasteiger partial charge on any atom is -0.396 e. The van der Waals surface area contributed by atoms with E-state index in [0.717, 1.165) is 38.9 Å². The highest BCUT2D eigenvalue weighted by atomic mass is 32.2. The summed E-state index contributed by atoms with van der Waals surface area (Å²) in [6, 6.07) is 0.247. The Labute approximate surface area is 138 Å². The largest absolute Gasteiger partial charge is 0.396 e. The van der Waals surface area contributed by atoms with Gasteiger partial charge in [0.1, 0.15) is 0 Å². The summed E-state index contributed by atoms with van der Waals surface area (Å²) in [6.07, 6.45) is 7.67. The van der Waals surface area contributed by atoms with Crippen molar-refractivity contribution >= 4 is 11.0 Å². The molecule has 1 aliphatic carbocycles. The molecule has 0 aromatic carbocycles. The summed E-state index contributed by atoms with van der Waals surface area (Å²) in [5, 5.41) is 9.25. The van der Waals surface area contributed by atoms with Crippen LogP contribution >= 0.6 is 0 Å². The van der Waals surface area contributed by atoms with E-state index in [1.807, 2.05) is 20.8 Å². The second-order valence-electron chi connectivity index (χ2n) is 7.89. The van der Waals surface area contributed by atoms with Crippen LogP contribution in [0.4, 0.5) is 0 Å². The molecule has 0 aromatic rings. The van der Waals surface area contributed by atoms with E-state index in [9.17, 15) is 9.32 Å². The number of aliphatic hydroxyl groups is 1. The number of aliphatic hydroxyl groups excluding tert-OH is 1. The quantitative estimate of drug-likeness (QED) is 0.754. The van der Waals surface area contributed by atoms with Crippen molar-refractivity contribution in [3.8, 4) is 0 Å². The van der Waals surface area contributed by atoms with Crippen molar-refractivity contribution in [2.75, 3.05) is 19.8 Å². The lowest BCUT2D eigenvalue weighted by Gasteiger charge is -2.54. The molecule has 0 spiro atoms. The first kappa shape index (κ1) is 18.4. The first-order valence-electron chi connectivity index (χ1n) is 8.77. The molecule has 5 heteroatoms. The molecule has 2 atom stereocenters.